The number of hydrogen-bond acceptors (Lipinski definition) is 6. The maximum absolute atomic E-state index is 11.7. The van der Waals surface area contributed by atoms with Crippen LogP contribution >= 0.6 is 38.1 Å². The van der Waals surface area contributed by atoms with Crippen LogP contribution in [0.25, 0.3) is 0 Å². The summed E-state index contributed by atoms with van der Waals surface area (Å²) in [6.45, 7) is 4.36. The van der Waals surface area contributed by atoms with Gasteiger partial charge in [0.05, 0.1) is 26.4 Å². The molecule has 0 amide bonds. The van der Waals surface area contributed by atoms with Gasteiger partial charge in [0.15, 0.2) is 0 Å². The molecule has 0 radical (unpaired) electrons. The van der Waals surface area contributed by atoms with Gasteiger partial charge in [-0.25, -0.2) is 9.13 Å². The van der Waals surface area contributed by atoms with Crippen molar-refractivity contribution in [2.75, 3.05) is 26.4 Å². The first kappa shape index (κ1) is 41.5. The van der Waals surface area contributed by atoms with Gasteiger partial charge in [-0.3, -0.25) is 0 Å². The van der Waals surface area contributed by atoms with E-state index >= 15 is 0 Å². The maximum atomic E-state index is 11.7. The first-order valence-electron chi connectivity index (χ1n) is 13.5. The van der Waals surface area contributed by atoms with Gasteiger partial charge < -0.3 is 18.1 Å². The first-order valence-corrected chi connectivity index (χ1v) is 18.9. The van der Waals surface area contributed by atoms with Crippen molar-refractivity contribution >= 4 is 67.6 Å². The van der Waals surface area contributed by atoms with Crippen LogP contribution < -0.4 is 0 Å². The molecule has 0 unspecified atom stereocenters. The summed E-state index contributed by atoms with van der Waals surface area (Å²) in [7, 11) is 0. The Bertz CT molecular complexity index is 438. The molecule has 0 saturated carbocycles. The fourth-order valence-electron chi connectivity index (χ4n) is 2.91. The van der Waals surface area contributed by atoms with Gasteiger partial charge in [-0.15, -0.1) is 0 Å². The Morgan fingerprint density at radius 2 is 0.629 bits per heavy atom. The van der Waals surface area contributed by atoms with Gasteiger partial charge >= 0.3 is 43.2 Å². The molecule has 0 aromatic rings. The zero-order chi connectivity index (χ0) is 26.0. The molecule has 0 saturated heterocycles. The summed E-state index contributed by atoms with van der Waals surface area (Å²) in [5.41, 5.74) is 0. The molecule has 0 aliphatic heterocycles. The van der Waals surface area contributed by atoms with Crippen LogP contribution in [0.1, 0.15) is 130 Å². The third-order valence-corrected chi connectivity index (χ3v) is 8.43. The van der Waals surface area contributed by atoms with E-state index in [1.165, 1.54) is 51.4 Å². The number of rotatable bonds is 24. The van der Waals surface area contributed by atoms with E-state index < -0.39 is 13.6 Å². The van der Waals surface area contributed by atoms with E-state index in [2.05, 4.69) is 52.2 Å². The molecule has 0 bridgehead atoms. The minimum atomic E-state index is -3.10. The predicted octanol–water partition coefficient (Wildman–Crippen LogP) is 9.79. The molecule has 0 fully saturated rings. The van der Waals surface area contributed by atoms with Crippen molar-refractivity contribution in [2.24, 2.45) is 0 Å². The Labute approximate surface area is 250 Å². The zero-order valence-corrected chi connectivity index (χ0v) is 26.0. The second kappa shape index (κ2) is 30.5. The molecular formula is C24H55NaO6P2S2. The summed E-state index contributed by atoms with van der Waals surface area (Å²) in [6.07, 6.45) is 17.7. The summed E-state index contributed by atoms with van der Waals surface area (Å²) < 4.78 is 44.1. The van der Waals surface area contributed by atoms with E-state index in [0.717, 1.165) is 51.4 Å². The second-order valence-corrected chi connectivity index (χ2v) is 14.4. The zero-order valence-electron chi connectivity index (χ0n) is 22.4. The second-order valence-electron chi connectivity index (χ2n) is 8.51. The van der Waals surface area contributed by atoms with E-state index in [1.807, 2.05) is 0 Å². The van der Waals surface area contributed by atoms with Gasteiger partial charge in [-0.05, 0) is 25.7 Å². The standard InChI is InChI=1S/2C12H27O3PS.Na.H/c2*1-3-5-7-9-11-14-16(13,17)15-12-10-8-6-4-2;;/h2*3-12H2,1-2H3,(H,13,17);;. The Kier molecular flexibility index (Phi) is 36.2. The van der Waals surface area contributed by atoms with Gasteiger partial charge in [0.25, 0.3) is 0 Å². The minimum absolute atomic E-state index is 0. The molecule has 35 heavy (non-hydrogen) atoms. The van der Waals surface area contributed by atoms with E-state index in [1.54, 1.807) is 0 Å². The van der Waals surface area contributed by atoms with Crippen LogP contribution in [0, 0.1) is 0 Å². The van der Waals surface area contributed by atoms with Crippen LogP contribution in [-0.2, 0) is 27.2 Å². The van der Waals surface area contributed by atoms with E-state index in [9.17, 15) is 9.13 Å². The molecule has 0 aliphatic carbocycles. The van der Waals surface area contributed by atoms with Crippen molar-refractivity contribution in [3.8, 4) is 0 Å². The van der Waals surface area contributed by atoms with Crippen molar-refractivity contribution in [1.29, 1.82) is 0 Å². The first-order chi connectivity index (χ1) is 16.2. The summed E-state index contributed by atoms with van der Waals surface area (Å²) in [4.78, 5) is 0. The molecule has 0 N–H and O–H groups in total. The van der Waals surface area contributed by atoms with Crippen LogP contribution in [0.2, 0.25) is 0 Å². The Morgan fingerprint density at radius 3 is 0.800 bits per heavy atom. The van der Waals surface area contributed by atoms with Crippen molar-refractivity contribution in [3.05, 3.63) is 0 Å². The average molecular weight is 589 g/mol. The summed E-state index contributed by atoms with van der Waals surface area (Å²) in [6, 6.07) is 0. The molecule has 0 aliphatic rings. The Morgan fingerprint density at radius 1 is 0.429 bits per heavy atom. The van der Waals surface area contributed by atoms with Gasteiger partial charge in [-0.1, -0.05) is 129 Å². The van der Waals surface area contributed by atoms with Crippen molar-refractivity contribution in [1.82, 2.24) is 0 Å². The number of thiol groups is 2. The van der Waals surface area contributed by atoms with Crippen molar-refractivity contribution < 1.29 is 27.2 Å². The van der Waals surface area contributed by atoms with E-state index in [0.29, 0.717) is 26.4 Å². The molecule has 0 aromatic heterocycles. The molecule has 0 aromatic carbocycles. The average Bonchev–Trinajstić information content (AvgIpc) is 2.79. The van der Waals surface area contributed by atoms with Crippen LogP contribution in [-0.4, -0.2) is 56.0 Å². The SMILES string of the molecule is CCCCCCOP(=O)(S)OCCCCCC.CCCCCCOP(=O)(S)OCCCCCC.[NaH]. The molecule has 6 nitrogen and oxygen atoms in total. The normalized spacial score (nSPS) is 11.6. The van der Waals surface area contributed by atoms with Gasteiger partial charge in [-0.2, -0.15) is 0 Å². The topological polar surface area (TPSA) is 71.1 Å². The van der Waals surface area contributed by atoms with Crippen molar-refractivity contribution in [2.45, 2.75) is 130 Å². The van der Waals surface area contributed by atoms with Gasteiger partial charge in [0.2, 0.25) is 0 Å². The molecule has 0 heterocycles. The summed E-state index contributed by atoms with van der Waals surface area (Å²) in [5.74, 6) is 0. The Balaban J connectivity index is -0.000000569. The number of unbranched alkanes of at least 4 members (excludes halogenated alkanes) is 12. The molecule has 0 rings (SSSR count). The molecule has 11 heteroatoms. The van der Waals surface area contributed by atoms with Gasteiger partial charge in [0, 0.05) is 0 Å². The third kappa shape index (κ3) is 36.0. The number of hydrogen-bond donors (Lipinski definition) is 2. The third-order valence-electron chi connectivity index (χ3n) is 5.01. The predicted molar refractivity (Wildman–Crippen MR) is 161 cm³/mol. The van der Waals surface area contributed by atoms with Crippen LogP contribution in [0.5, 0.6) is 0 Å². The molecule has 0 spiro atoms. The molecular weight excluding hydrogens is 533 g/mol. The van der Waals surface area contributed by atoms with Crippen LogP contribution in [0.3, 0.4) is 0 Å². The quantitative estimate of drug-likeness (QED) is 0.0506. The summed E-state index contributed by atoms with van der Waals surface area (Å²) in [5, 5.41) is 0. The summed E-state index contributed by atoms with van der Waals surface area (Å²) >= 11 is 7.90. The Hall–Kier alpha value is 2.00. The van der Waals surface area contributed by atoms with Gasteiger partial charge in [0.1, 0.15) is 0 Å². The monoisotopic (exact) mass is 588 g/mol. The molecule has 0 atom stereocenters. The molecule has 210 valence electrons. The van der Waals surface area contributed by atoms with E-state index in [4.69, 9.17) is 18.1 Å². The van der Waals surface area contributed by atoms with E-state index in [-0.39, 0.29) is 29.6 Å². The van der Waals surface area contributed by atoms with Crippen LogP contribution in [0.15, 0.2) is 0 Å². The van der Waals surface area contributed by atoms with Crippen molar-refractivity contribution in [3.63, 3.8) is 0 Å². The fraction of sp³-hybridized carbons (Fsp3) is 1.00. The van der Waals surface area contributed by atoms with Crippen LogP contribution in [0.4, 0.5) is 0 Å². The fourth-order valence-corrected chi connectivity index (χ4v) is 5.48.